The van der Waals surface area contributed by atoms with Gasteiger partial charge in [0.05, 0.1) is 11.3 Å². The van der Waals surface area contributed by atoms with Gasteiger partial charge in [0.2, 0.25) is 0 Å². The lowest BCUT2D eigenvalue weighted by Gasteiger charge is -2.01. The highest BCUT2D eigenvalue weighted by Crippen LogP contribution is 2.30. The van der Waals surface area contributed by atoms with E-state index in [1.54, 1.807) is 0 Å². The number of halogens is 2. The van der Waals surface area contributed by atoms with E-state index in [-0.39, 0.29) is 15.7 Å². The number of benzene rings is 1. The minimum atomic E-state index is -1.25. The van der Waals surface area contributed by atoms with Crippen LogP contribution in [0.15, 0.2) is 21.7 Å². The maximum absolute atomic E-state index is 13.1. The van der Waals surface area contributed by atoms with Gasteiger partial charge in [-0.05, 0) is 17.7 Å². The zero-order valence-corrected chi connectivity index (χ0v) is 8.19. The van der Waals surface area contributed by atoms with Crippen LogP contribution in [0.3, 0.4) is 0 Å². The normalized spacial score (nSPS) is 9.29. The number of carboxylic acids is 1. The SMILES string of the molecule is [N-]=[N+]=Nc1c(F)cc(C(=O)O)cc1Br. The first kappa shape index (κ1) is 10.5. The molecule has 0 fully saturated rings. The number of aromatic carboxylic acids is 1. The fourth-order valence-corrected chi connectivity index (χ4v) is 1.34. The van der Waals surface area contributed by atoms with Crippen molar-refractivity contribution in [2.75, 3.05) is 0 Å². The molecule has 0 saturated carbocycles. The molecule has 7 heteroatoms. The average Bonchev–Trinajstić information content (AvgIpc) is 2.10. The van der Waals surface area contributed by atoms with Crippen LogP contribution in [0.2, 0.25) is 0 Å². The second-order valence-electron chi connectivity index (χ2n) is 2.28. The highest BCUT2D eigenvalue weighted by molar-refractivity contribution is 9.10. The van der Waals surface area contributed by atoms with E-state index in [9.17, 15) is 9.18 Å². The smallest absolute Gasteiger partial charge is 0.335 e. The van der Waals surface area contributed by atoms with E-state index < -0.39 is 11.8 Å². The summed E-state index contributed by atoms with van der Waals surface area (Å²) in [7, 11) is 0. The first-order valence-electron chi connectivity index (χ1n) is 3.33. The average molecular weight is 260 g/mol. The molecule has 0 aliphatic carbocycles. The third-order valence-corrected chi connectivity index (χ3v) is 2.01. The molecule has 5 nitrogen and oxygen atoms in total. The van der Waals surface area contributed by atoms with Gasteiger partial charge in [-0.25, -0.2) is 9.18 Å². The lowest BCUT2D eigenvalue weighted by Crippen LogP contribution is -1.97. The zero-order valence-electron chi connectivity index (χ0n) is 6.61. The van der Waals surface area contributed by atoms with Crippen LogP contribution in [0, 0.1) is 5.82 Å². The van der Waals surface area contributed by atoms with Crippen molar-refractivity contribution >= 4 is 27.6 Å². The Morgan fingerprint density at radius 2 is 2.29 bits per heavy atom. The number of rotatable bonds is 2. The van der Waals surface area contributed by atoms with Gasteiger partial charge >= 0.3 is 5.97 Å². The topological polar surface area (TPSA) is 86.1 Å². The molecule has 1 aromatic carbocycles. The van der Waals surface area contributed by atoms with Crippen LogP contribution in [0.4, 0.5) is 10.1 Å². The second-order valence-corrected chi connectivity index (χ2v) is 3.14. The van der Waals surface area contributed by atoms with Gasteiger partial charge < -0.3 is 5.11 Å². The molecule has 0 unspecified atom stereocenters. The van der Waals surface area contributed by atoms with Gasteiger partial charge in [-0.2, -0.15) is 0 Å². The van der Waals surface area contributed by atoms with Crippen molar-refractivity contribution in [2.24, 2.45) is 5.11 Å². The lowest BCUT2D eigenvalue weighted by atomic mass is 10.2. The molecule has 0 spiro atoms. The Kier molecular flexibility index (Phi) is 3.06. The fraction of sp³-hybridized carbons (Fsp3) is 0. The number of hydrogen-bond acceptors (Lipinski definition) is 2. The summed E-state index contributed by atoms with van der Waals surface area (Å²) in [6.07, 6.45) is 0. The molecule has 0 atom stereocenters. The molecule has 0 heterocycles. The Morgan fingerprint density at radius 1 is 1.64 bits per heavy atom. The molecule has 0 radical (unpaired) electrons. The molecule has 72 valence electrons. The van der Waals surface area contributed by atoms with E-state index in [4.69, 9.17) is 10.6 Å². The summed E-state index contributed by atoms with van der Waals surface area (Å²) in [6, 6.07) is 1.95. The summed E-state index contributed by atoms with van der Waals surface area (Å²) >= 11 is 2.90. The molecule has 0 aliphatic heterocycles. The predicted molar refractivity (Wildman–Crippen MR) is 49.9 cm³/mol. The van der Waals surface area contributed by atoms with Gasteiger partial charge in [0.15, 0.2) is 0 Å². The third-order valence-electron chi connectivity index (χ3n) is 1.41. The molecular formula is C7H3BrFN3O2. The second kappa shape index (κ2) is 4.08. The molecular weight excluding hydrogens is 257 g/mol. The summed E-state index contributed by atoms with van der Waals surface area (Å²) < 4.78 is 13.2. The van der Waals surface area contributed by atoms with Gasteiger partial charge in [-0.1, -0.05) is 21.0 Å². The van der Waals surface area contributed by atoms with Crippen LogP contribution >= 0.6 is 15.9 Å². The van der Waals surface area contributed by atoms with E-state index >= 15 is 0 Å². The van der Waals surface area contributed by atoms with Crippen molar-refractivity contribution in [3.8, 4) is 0 Å². The molecule has 0 amide bonds. The molecule has 1 N–H and O–H groups in total. The van der Waals surface area contributed by atoms with Crippen molar-refractivity contribution in [3.05, 3.63) is 38.4 Å². The van der Waals surface area contributed by atoms with Crippen LogP contribution < -0.4 is 0 Å². The van der Waals surface area contributed by atoms with Crippen molar-refractivity contribution < 1.29 is 14.3 Å². The molecule has 0 bridgehead atoms. The molecule has 0 aromatic heterocycles. The molecule has 1 rings (SSSR count). The van der Waals surface area contributed by atoms with Gasteiger partial charge in [-0.3, -0.25) is 0 Å². The van der Waals surface area contributed by atoms with E-state index in [1.165, 1.54) is 0 Å². The van der Waals surface area contributed by atoms with Crippen LogP contribution in [0.25, 0.3) is 10.4 Å². The first-order valence-corrected chi connectivity index (χ1v) is 4.13. The first-order chi connectivity index (χ1) is 6.56. The Hall–Kier alpha value is -1.59. The summed E-state index contributed by atoms with van der Waals surface area (Å²) in [4.78, 5) is 12.9. The minimum Gasteiger partial charge on any atom is -0.478 e. The van der Waals surface area contributed by atoms with Crippen LogP contribution in [-0.4, -0.2) is 11.1 Å². The van der Waals surface area contributed by atoms with E-state index in [2.05, 4.69) is 26.0 Å². The Bertz CT molecular complexity index is 420. The predicted octanol–water partition coefficient (Wildman–Crippen LogP) is 3.23. The molecule has 0 saturated heterocycles. The van der Waals surface area contributed by atoms with Crippen molar-refractivity contribution in [1.29, 1.82) is 0 Å². The monoisotopic (exact) mass is 259 g/mol. The quantitative estimate of drug-likeness (QED) is 0.502. The number of carboxylic acid groups (broad SMARTS) is 1. The maximum atomic E-state index is 13.1. The number of azide groups is 1. The molecule has 1 aromatic rings. The third kappa shape index (κ3) is 2.01. The van der Waals surface area contributed by atoms with E-state index in [0.717, 1.165) is 12.1 Å². The number of hydrogen-bond donors (Lipinski definition) is 1. The highest BCUT2D eigenvalue weighted by Gasteiger charge is 2.11. The molecule has 0 aliphatic rings. The van der Waals surface area contributed by atoms with Gasteiger partial charge in [0.25, 0.3) is 0 Å². The van der Waals surface area contributed by atoms with Crippen molar-refractivity contribution in [2.45, 2.75) is 0 Å². The van der Waals surface area contributed by atoms with Crippen LogP contribution in [0.1, 0.15) is 10.4 Å². The lowest BCUT2D eigenvalue weighted by molar-refractivity contribution is 0.0696. The Labute approximate surface area is 85.9 Å². The largest absolute Gasteiger partial charge is 0.478 e. The van der Waals surface area contributed by atoms with Gasteiger partial charge in [0, 0.05) is 9.38 Å². The summed E-state index contributed by atoms with van der Waals surface area (Å²) in [5, 5.41) is 11.6. The van der Waals surface area contributed by atoms with Gasteiger partial charge in [0.1, 0.15) is 5.82 Å². The van der Waals surface area contributed by atoms with Crippen molar-refractivity contribution in [3.63, 3.8) is 0 Å². The van der Waals surface area contributed by atoms with Crippen LogP contribution in [-0.2, 0) is 0 Å². The van der Waals surface area contributed by atoms with E-state index in [1.807, 2.05) is 0 Å². The Balaban J connectivity index is 3.39. The number of carbonyl (C=O) groups is 1. The highest BCUT2D eigenvalue weighted by atomic mass is 79.9. The zero-order chi connectivity index (χ0) is 10.7. The Morgan fingerprint density at radius 3 is 2.71 bits per heavy atom. The number of nitrogens with zero attached hydrogens (tertiary/aromatic N) is 3. The minimum absolute atomic E-state index is 0.104. The van der Waals surface area contributed by atoms with Gasteiger partial charge in [-0.15, -0.1) is 0 Å². The standard InChI is InChI=1S/C7H3BrFN3O2/c8-4-1-3(7(13)14)2-5(9)6(4)11-12-10/h1-2H,(H,13,14). The summed E-state index contributed by atoms with van der Waals surface area (Å²) in [5.41, 5.74) is 7.63. The van der Waals surface area contributed by atoms with Crippen LogP contribution in [0.5, 0.6) is 0 Å². The summed E-state index contributed by atoms with van der Waals surface area (Å²) in [6.45, 7) is 0. The maximum Gasteiger partial charge on any atom is 0.335 e. The molecule has 14 heavy (non-hydrogen) atoms. The fourth-order valence-electron chi connectivity index (χ4n) is 0.829. The summed E-state index contributed by atoms with van der Waals surface area (Å²) in [5.74, 6) is -2.13. The van der Waals surface area contributed by atoms with Crippen molar-refractivity contribution in [1.82, 2.24) is 0 Å². The van der Waals surface area contributed by atoms with E-state index in [0.29, 0.717) is 0 Å².